The summed E-state index contributed by atoms with van der Waals surface area (Å²) in [4.78, 5) is 15.0. The molecule has 0 spiro atoms. The zero-order chi connectivity index (χ0) is 33.9. The highest BCUT2D eigenvalue weighted by atomic mass is 15.1. The number of para-hydroxylation sites is 1. The van der Waals surface area contributed by atoms with E-state index < -0.39 is 0 Å². The van der Waals surface area contributed by atoms with Crippen molar-refractivity contribution in [2.45, 2.75) is 37.5 Å². The predicted molar refractivity (Wildman–Crippen MR) is 213 cm³/mol. The maximum absolute atomic E-state index is 5.43. The fraction of sp³-hybridized carbons (Fsp3) is 0.128. The topological polar surface area (TPSA) is 48.5 Å². The number of aromatic nitrogens is 5. The molecule has 52 heavy (non-hydrogen) atoms. The Morgan fingerprint density at radius 3 is 2.06 bits per heavy atom. The molecule has 0 aliphatic heterocycles. The van der Waals surface area contributed by atoms with E-state index in [1.165, 1.54) is 86.1 Å². The maximum Gasteiger partial charge on any atom is 0.138 e. The first-order chi connectivity index (χ1) is 25.8. The van der Waals surface area contributed by atoms with Crippen molar-refractivity contribution < 1.29 is 0 Å². The van der Waals surface area contributed by atoms with Crippen LogP contribution in [0.25, 0.3) is 88.2 Å². The van der Waals surface area contributed by atoms with Gasteiger partial charge in [-0.05, 0) is 115 Å². The van der Waals surface area contributed by atoms with Gasteiger partial charge in [-0.15, -0.1) is 0 Å². The van der Waals surface area contributed by atoms with Crippen LogP contribution in [-0.2, 0) is 0 Å². The van der Waals surface area contributed by atoms with E-state index in [4.69, 9.17) is 9.97 Å². The van der Waals surface area contributed by atoms with Crippen LogP contribution in [0.5, 0.6) is 0 Å². The van der Waals surface area contributed by atoms with Gasteiger partial charge in [-0.1, -0.05) is 60.7 Å². The number of hydrogen-bond acceptors (Lipinski definition) is 3. The molecule has 0 N–H and O–H groups in total. The second-order valence-electron chi connectivity index (χ2n) is 14.8. The maximum atomic E-state index is 5.43. The van der Waals surface area contributed by atoms with Gasteiger partial charge in [0.1, 0.15) is 5.82 Å². The molecule has 2 aliphatic carbocycles. The standard InChI is InChI=1S/C47H33N5/c1-2-7-35(8-3-1)51-41-21-18-32(29-13-14-29)26-38(41)44-42(51)22-19-36-37-25-31(28-11-12-28)17-20-40(37)52(47(36)44)43-10-4-9-39(50-43)34-24-33-16-15-30-6-5-23-48-45(30)46(33)49-27-34/h1-10,15-29H,11-14H2. The van der Waals surface area contributed by atoms with E-state index in [0.717, 1.165) is 38.9 Å². The Bertz CT molecular complexity index is 3090. The first kappa shape index (κ1) is 28.4. The van der Waals surface area contributed by atoms with Gasteiger partial charge in [0.15, 0.2) is 0 Å². The van der Waals surface area contributed by atoms with Crippen molar-refractivity contribution in [2.75, 3.05) is 0 Å². The summed E-state index contributed by atoms with van der Waals surface area (Å²) in [7, 11) is 0. The van der Waals surface area contributed by atoms with Crippen LogP contribution in [0, 0.1) is 0 Å². The van der Waals surface area contributed by atoms with Crippen LogP contribution >= 0.6 is 0 Å². The molecule has 0 bridgehead atoms. The second-order valence-corrected chi connectivity index (χ2v) is 14.8. The van der Waals surface area contributed by atoms with Gasteiger partial charge < -0.3 is 4.57 Å². The predicted octanol–water partition coefficient (Wildman–Crippen LogP) is 11.8. The fourth-order valence-corrected chi connectivity index (χ4v) is 8.66. The lowest BCUT2D eigenvalue weighted by Gasteiger charge is -2.11. The van der Waals surface area contributed by atoms with E-state index in [1.54, 1.807) is 0 Å². The second kappa shape index (κ2) is 10.6. The van der Waals surface area contributed by atoms with Gasteiger partial charge in [0, 0.05) is 56.0 Å². The molecule has 2 saturated carbocycles. The molecule has 0 unspecified atom stereocenters. The van der Waals surface area contributed by atoms with Crippen LogP contribution in [0.15, 0.2) is 140 Å². The van der Waals surface area contributed by atoms with Gasteiger partial charge in [-0.25, -0.2) is 4.98 Å². The third-order valence-electron chi connectivity index (χ3n) is 11.5. The summed E-state index contributed by atoms with van der Waals surface area (Å²) in [6.07, 6.45) is 8.88. The Morgan fingerprint density at radius 2 is 1.25 bits per heavy atom. The molecule has 5 nitrogen and oxygen atoms in total. The van der Waals surface area contributed by atoms with Crippen LogP contribution in [0.3, 0.4) is 0 Å². The average molecular weight is 668 g/mol. The Balaban J connectivity index is 1.15. The van der Waals surface area contributed by atoms with Crippen LogP contribution in [0.2, 0.25) is 0 Å². The van der Waals surface area contributed by atoms with Gasteiger partial charge in [0.2, 0.25) is 0 Å². The van der Waals surface area contributed by atoms with Crippen LogP contribution < -0.4 is 0 Å². The molecule has 0 radical (unpaired) electrons. The number of benzene rings is 5. The highest BCUT2D eigenvalue weighted by molar-refractivity contribution is 6.26. The highest BCUT2D eigenvalue weighted by Gasteiger charge is 2.28. The van der Waals surface area contributed by atoms with Crippen molar-refractivity contribution in [3.05, 3.63) is 151 Å². The lowest BCUT2D eigenvalue weighted by Crippen LogP contribution is -1.99. The SMILES string of the molecule is c1ccc(-n2c3ccc(C4CC4)cc3c3c2ccc2c4cc(C5CC5)ccc4n(-c4cccc(-c5cnc6c(ccc7cccnc76)c5)n4)c23)cc1. The summed E-state index contributed by atoms with van der Waals surface area (Å²) in [5.74, 6) is 2.23. The Kier molecular flexibility index (Phi) is 5.78. The first-order valence-corrected chi connectivity index (χ1v) is 18.5. The van der Waals surface area contributed by atoms with Crippen molar-refractivity contribution in [1.82, 2.24) is 24.1 Å². The summed E-state index contributed by atoms with van der Waals surface area (Å²) in [6, 6.07) is 46.7. The molecule has 5 aromatic carbocycles. The molecule has 2 fully saturated rings. The van der Waals surface area contributed by atoms with E-state index in [2.05, 4.69) is 135 Å². The highest BCUT2D eigenvalue weighted by Crippen LogP contribution is 2.47. The number of pyridine rings is 3. The molecule has 246 valence electrons. The van der Waals surface area contributed by atoms with Crippen molar-refractivity contribution in [3.63, 3.8) is 0 Å². The number of hydrogen-bond donors (Lipinski definition) is 0. The third-order valence-corrected chi connectivity index (χ3v) is 11.5. The quantitative estimate of drug-likeness (QED) is 0.172. The minimum atomic E-state index is 0.661. The van der Waals surface area contributed by atoms with E-state index in [9.17, 15) is 0 Å². The van der Waals surface area contributed by atoms with Crippen molar-refractivity contribution in [1.29, 1.82) is 0 Å². The van der Waals surface area contributed by atoms with Crippen LogP contribution in [0.1, 0.15) is 48.6 Å². The van der Waals surface area contributed by atoms with Gasteiger partial charge in [-0.3, -0.25) is 14.5 Å². The van der Waals surface area contributed by atoms with E-state index >= 15 is 0 Å². The summed E-state index contributed by atoms with van der Waals surface area (Å²) in [6.45, 7) is 0. The molecule has 0 atom stereocenters. The number of fused-ring (bicyclic) bond motifs is 10. The number of rotatable bonds is 5. The lowest BCUT2D eigenvalue weighted by molar-refractivity contribution is 1.08. The van der Waals surface area contributed by atoms with Crippen LogP contribution in [-0.4, -0.2) is 24.1 Å². The minimum absolute atomic E-state index is 0.661. The first-order valence-electron chi connectivity index (χ1n) is 18.5. The van der Waals surface area contributed by atoms with E-state index in [-0.39, 0.29) is 0 Å². The molecule has 5 aromatic heterocycles. The van der Waals surface area contributed by atoms with Crippen molar-refractivity contribution >= 4 is 65.4 Å². The molecule has 12 rings (SSSR count). The molecule has 5 heterocycles. The lowest BCUT2D eigenvalue weighted by atomic mass is 10.0. The normalized spacial score (nSPS) is 14.8. The van der Waals surface area contributed by atoms with Crippen LogP contribution in [0.4, 0.5) is 0 Å². The fourth-order valence-electron chi connectivity index (χ4n) is 8.66. The number of nitrogens with zero attached hydrogens (tertiary/aromatic N) is 5. The van der Waals surface area contributed by atoms with Gasteiger partial charge in [0.25, 0.3) is 0 Å². The van der Waals surface area contributed by atoms with E-state index in [1.807, 2.05) is 18.5 Å². The van der Waals surface area contributed by atoms with E-state index in [0.29, 0.717) is 11.8 Å². The van der Waals surface area contributed by atoms with Gasteiger partial charge >= 0.3 is 0 Å². The molecule has 5 heteroatoms. The molecule has 0 amide bonds. The van der Waals surface area contributed by atoms with Gasteiger partial charge in [0.05, 0.1) is 38.8 Å². The third kappa shape index (κ3) is 4.20. The molecule has 2 aliphatic rings. The Labute approximate surface area is 299 Å². The monoisotopic (exact) mass is 667 g/mol. The minimum Gasteiger partial charge on any atom is -0.309 e. The zero-order valence-corrected chi connectivity index (χ0v) is 28.5. The molecule has 10 aromatic rings. The molecular formula is C47H33N5. The average Bonchev–Trinajstić information content (AvgIpc) is 4.15. The Morgan fingerprint density at radius 1 is 0.519 bits per heavy atom. The Hall–Kier alpha value is -6.33. The summed E-state index contributed by atoms with van der Waals surface area (Å²) in [5.41, 5.74) is 12.6. The van der Waals surface area contributed by atoms with Crippen molar-refractivity contribution in [2.24, 2.45) is 0 Å². The smallest absolute Gasteiger partial charge is 0.138 e. The molecular weight excluding hydrogens is 635 g/mol. The zero-order valence-electron chi connectivity index (χ0n) is 28.5. The summed E-state index contributed by atoms with van der Waals surface area (Å²) < 4.78 is 4.87. The summed E-state index contributed by atoms with van der Waals surface area (Å²) >= 11 is 0. The largest absolute Gasteiger partial charge is 0.309 e. The summed E-state index contributed by atoms with van der Waals surface area (Å²) in [5, 5.41) is 7.29. The van der Waals surface area contributed by atoms with Gasteiger partial charge in [-0.2, -0.15) is 0 Å². The van der Waals surface area contributed by atoms with Crippen molar-refractivity contribution in [3.8, 4) is 22.8 Å². The molecule has 0 saturated heterocycles.